The highest BCUT2D eigenvalue weighted by atomic mass is 19.1. The Morgan fingerprint density at radius 1 is 1.46 bits per heavy atom. The number of amides is 1. The molecule has 0 unspecified atom stereocenters. The number of rotatable bonds is 2. The normalized spacial score (nSPS) is 9.38. The Balaban J connectivity index is 2.54. The molecule has 70 valence electrons. The monoisotopic (exact) mass is 183 g/mol. The maximum absolute atomic E-state index is 12.4. The molecule has 4 heteroatoms. The molecule has 13 heavy (non-hydrogen) atoms. The van der Waals surface area contributed by atoms with Crippen molar-refractivity contribution in [1.29, 1.82) is 0 Å². The van der Waals surface area contributed by atoms with Gasteiger partial charge >= 0.3 is 6.09 Å². The molecule has 0 fully saturated rings. The molecule has 0 heterocycles. The van der Waals surface area contributed by atoms with E-state index in [0.717, 1.165) is 0 Å². The molecule has 0 aromatic heterocycles. The van der Waals surface area contributed by atoms with Crippen molar-refractivity contribution in [2.24, 2.45) is 0 Å². The van der Waals surface area contributed by atoms with E-state index in [1.807, 2.05) is 0 Å². The van der Waals surface area contributed by atoms with Gasteiger partial charge in [0, 0.05) is 5.69 Å². The lowest BCUT2D eigenvalue weighted by Gasteiger charge is -2.03. The van der Waals surface area contributed by atoms with Crippen LogP contribution >= 0.6 is 0 Å². The number of nitrogens with one attached hydrogen (secondary N) is 1. The van der Waals surface area contributed by atoms with Crippen molar-refractivity contribution >= 4 is 11.8 Å². The van der Waals surface area contributed by atoms with Crippen molar-refractivity contribution in [1.82, 2.24) is 0 Å². The quantitative estimate of drug-likeness (QED) is 0.764. The number of halogens is 1. The third-order valence-electron chi connectivity index (χ3n) is 1.37. The van der Waals surface area contributed by atoms with E-state index in [1.165, 1.54) is 24.3 Å². The minimum atomic E-state index is -0.533. The molecule has 0 saturated heterocycles. The van der Waals surface area contributed by atoms with Gasteiger partial charge in [-0.2, -0.15) is 0 Å². The Morgan fingerprint density at radius 2 is 2.08 bits per heavy atom. The molecule has 0 saturated carbocycles. The first kappa shape index (κ1) is 9.51. The van der Waals surface area contributed by atoms with Crippen LogP contribution in [0.2, 0.25) is 0 Å². The molecule has 0 aliphatic rings. The van der Waals surface area contributed by atoms with Crippen molar-refractivity contribution in [3.8, 4) is 0 Å². The molecule has 0 aliphatic heterocycles. The van der Waals surface area contributed by atoms with Crippen molar-refractivity contribution < 1.29 is 13.9 Å². The largest absolute Gasteiger partial charge is 0.450 e. The summed E-state index contributed by atoms with van der Waals surface area (Å²) in [6.45, 7) is 2.03. The first-order valence-corrected chi connectivity index (χ1v) is 3.91. The van der Waals surface area contributed by atoms with Crippen molar-refractivity contribution in [2.75, 3.05) is 11.9 Å². The van der Waals surface area contributed by atoms with Crippen molar-refractivity contribution in [3.63, 3.8) is 0 Å². The van der Waals surface area contributed by atoms with Crippen LogP contribution in [0.5, 0.6) is 0 Å². The average molecular weight is 183 g/mol. The summed E-state index contributed by atoms with van der Waals surface area (Å²) >= 11 is 0. The fourth-order valence-electron chi connectivity index (χ4n) is 0.818. The van der Waals surface area contributed by atoms with Gasteiger partial charge in [-0.25, -0.2) is 9.18 Å². The smallest absolute Gasteiger partial charge is 0.411 e. The summed E-state index contributed by atoms with van der Waals surface area (Å²) in [4.78, 5) is 10.9. The third-order valence-corrected chi connectivity index (χ3v) is 1.37. The van der Waals surface area contributed by atoms with Crippen LogP contribution in [0.25, 0.3) is 0 Å². The number of ether oxygens (including phenoxy) is 1. The zero-order valence-corrected chi connectivity index (χ0v) is 7.21. The molecule has 1 rings (SSSR count). The predicted octanol–water partition coefficient (Wildman–Crippen LogP) is 2.39. The number of hydrogen-bond acceptors (Lipinski definition) is 2. The molecule has 1 N–H and O–H groups in total. The van der Waals surface area contributed by atoms with Crippen LogP contribution in [-0.4, -0.2) is 12.7 Å². The van der Waals surface area contributed by atoms with Gasteiger partial charge in [-0.3, -0.25) is 5.32 Å². The SMILES string of the molecule is CCOC(=O)Nc1ccc(F)cc1. The molecule has 0 atom stereocenters. The Morgan fingerprint density at radius 3 is 2.62 bits per heavy atom. The lowest BCUT2D eigenvalue weighted by Crippen LogP contribution is -2.13. The van der Waals surface area contributed by atoms with Crippen LogP contribution in [-0.2, 0) is 4.74 Å². The highest BCUT2D eigenvalue weighted by molar-refractivity contribution is 5.84. The molecule has 0 aliphatic carbocycles. The van der Waals surface area contributed by atoms with Crippen molar-refractivity contribution in [2.45, 2.75) is 6.92 Å². The van der Waals surface area contributed by atoms with Gasteiger partial charge in [0.1, 0.15) is 5.82 Å². The number of carbonyl (C=O) groups excluding carboxylic acids is 1. The summed E-state index contributed by atoms with van der Waals surface area (Å²) < 4.78 is 17.1. The summed E-state index contributed by atoms with van der Waals surface area (Å²) in [6.07, 6.45) is -0.533. The number of hydrogen-bond donors (Lipinski definition) is 1. The zero-order valence-electron chi connectivity index (χ0n) is 7.21. The van der Waals surface area contributed by atoms with E-state index in [2.05, 4.69) is 10.1 Å². The summed E-state index contributed by atoms with van der Waals surface area (Å²) in [5.74, 6) is -0.339. The third kappa shape index (κ3) is 3.11. The molecular formula is C9H10FNO2. The van der Waals surface area contributed by atoms with Crippen molar-refractivity contribution in [3.05, 3.63) is 30.1 Å². The molecule has 0 spiro atoms. The summed E-state index contributed by atoms with van der Waals surface area (Å²) in [5, 5.41) is 2.44. The van der Waals surface area contributed by atoms with E-state index < -0.39 is 6.09 Å². The van der Waals surface area contributed by atoms with Gasteiger partial charge in [0.05, 0.1) is 6.61 Å². The molecule has 1 amide bonds. The van der Waals surface area contributed by atoms with Crippen LogP contribution in [0.4, 0.5) is 14.9 Å². The molecular weight excluding hydrogens is 173 g/mol. The van der Waals surface area contributed by atoms with Gasteiger partial charge in [0.25, 0.3) is 0 Å². The Labute approximate surface area is 75.5 Å². The topological polar surface area (TPSA) is 38.3 Å². The van der Waals surface area contributed by atoms with E-state index >= 15 is 0 Å². The molecule has 0 radical (unpaired) electrons. The van der Waals surface area contributed by atoms with Crippen LogP contribution in [0.1, 0.15) is 6.92 Å². The minimum Gasteiger partial charge on any atom is -0.450 e. The van der Waals surface area contributed by atoms with E-state index in [-0.39, 0.29) is 5.82 Å². The van der Waals surface area contributed by atoms with Crippen LogP contribution in [0.3, 0.4) is 0 Å². The van der Waals surface area contributed by atoms with Gasteiger partial charge in [-0.15, -0.1) is 0 Å². The Kier molecular flexibility index (Phi) is 3.25. The van der Waals surface area contributed by atoms with Gasteiger partial charge in [0.15, 0.2) is 0 Å². The summed E-state index contributed by atoms with van der Waals surface area (Å²) in [5.41, 5.74) is 0.514. The Bertz CT molecular complexity index is 284. The van der Waals surface area contributed by atoms with Gasteiger partial charge in [0.2, 0.25) is 0 Å². The lowest BCUT2D eigenvalue weighted by molar-refractivity contribution is 0.168. The first-order valence-electron chi connectivity index (χ1n) is 3.91. The van der Waals surface area contributed by atoms with Crippen LogP contribution < -0.4 is 5.32 Å². The number of carbonyl (C=O) groups is 1. The number of benzene rings is 1. The van der Waals surface area contributed by atoms with Crippen LogP contribution in [0, 0.1) is 5.82 Å². The second-order valence-corrected chi connectivity index (χ2v) is 2.35. The second-order valence-electron chi connectivity index (χ2n) is 2.35. The predicted molar refractivity (Wildman–Crippen MR) is 47.0 cm³/mol. The standard InChI is InChI=1S/C9H10FNO2/c1-2-13-9(12)11-8-5-3-7(10)4-6-8/h3-6H,2H2,1H3,(H,11,12). The fraction of sp³-hybridized carbons (Fsp3) is 0.222. The summed E-state index contributed by atoms with van der Waals surface area (Å²) in [7, 11) is 0. The molecule has 3 nitrogen and oxygen atoms in total. The number of anilines is 1. The Hall–Kier alpha value is -1.58. The highest BCUT2D eigenvalue weighted by Gasteiger charge is 2.00. The van der Waals surface area contributed by atoms with E-state index in [4.69, 9.17) is 0 Å². The van der Waals surface area contributed by atoms with E-state index in [0.29, 0.717) is 12.3 Å². The molecule has 0 bridgehead atoms. The lowest BCUT2D eigenvalue weighted by atomic mass is 10.3. The van der Waals surface area contributed by atoms with Gasteiger partial charge in [-0.05, 0) is 31.2 Å². The molecule has 1 aromatic carbocycles. The maximum atomic E-state index is 12.4. The summed E-state index contributed by atoms with van der Waals surface area (Å²) in [6, 6.07) is 5.46. The second kappa shape index (κ2) is 4.45. The average Bonchev–Trinajstić information content (AvgIpc) is 2.09. The fourth-order valence-corrected chi connectivity index (χ4v) is 0.818. The highest BCUT2D eigenvalue weighted by Crippen LogP contribution is 2.08. The van der Waals surface area contributed by atoms with E-state index in [9.17, 15) is 9.18 Å². The van der Waals surface area contributed by atoms with Crippen LogP contribution in [0.15, 0.2) is 24.3 Å². The van der Waals surface area contributed by atoms with E-state index in [1.54, 1.807) is 6.92 Å². The minimum absolute atomic E-state index is 0.313. The van der Waals surface area contributed by atoms with Gasteiger partial charge < -0.3 is 4.74 Å². The maximum Gasteiger partial charge on any atom is 0.411 e. The molecule has 1 aromatic rings. The zero-order chi connectivity index (χ0) is 9.68. The first-order chi connectivity index (χ1) is 6.22. The van der Waals surface area contributed by atoms with Gasteiger partial charge in [-0.1, -0.05) is 0 Å².